The van der Waals surface area contributed by atoms with Crippen LogP contribution in [0.15, 0.2) is 24.4 Å². The fourth-order valence-corrected chi connectivity index (χ4v) is 3.32. The van der Waals surface area contributed by atoms with Crippen LogP contribution in [0.25, 0.3) is 10.9 Å². The Morgan fingerprint density at radius 2 is 1.97 bits per heavy atom. The normalized spacial score (nSPS) is 13.8. The number of esters is 1. The monoisotopic (exact) mass is 459 g/mol. The van der Waals surface area contributed by atoms with Crippen molar-refractivity contribution in [1.29, 1.82) is 0 Å². The van der Waals surface area contributed by atoms with E-state index >= 15 is 0 Å². The number of carbonyl (C=O) groups excluding carboxylic acids is 1. The molecule has 1 aromatic carbocycles. The molecule has 168 valence electrons. The summed E-state index contributed by atoms with van der Waals surface area (Å²) in [6.45, 7) is 9.96. The van der Waals surface area contributed by atoms with Crippen LogP contribution in [0.3, 0.4) is 0 Å². The third-order valence-electron chi connectivity index (χ3n) is 4.70. The number of benzene rings is 1. The van der Waals surface area contributed by atoms with E-state index in [1.54, 1.807) is 13.1 Å². The second-order valence-corrected chi connectivity index (χ2v) is 6.61. The van der Waals surface area contributed by atoms with Crippen molar-refractivity contribution in [3.63, 3.8) is 0 Å². The van der Waals surface area contributed by atoms with Crippen molar-refractivity contribution in [1.82, 2.24) is 9.88 Å². The molecule has 1 fully saturated rings. The lowest BCUT2D eigenvalue weighted by Crippen LogP contribution is -2.37. The second kappa shape index (κ2) is 13.5. The number of carbonyl (C=O) groups is 1. The number of halogens is 2. The second-order valence-electron chi connectivity index (χ2n) is 6.61. The molecule has 0 unspecified atom stereocenters. The minimum Gasteiger partial charge on any atom is -0.494 e. The fraction of sp³-hybridized carbons (Fsp3) is 0.524. The molecule has 0 spiro atoms. The molecule has 9 heteroatoms. The highest BCUT2D eigenvalue weighted by Crippen LogP contribution is 2.30. The van der Waals surface area contributed by atoms with Gasteiger partial charge in [-0.1, -0.05) is 0 Å². The summed E-state index contributed by atoms with van der Waals surface area (Å²) in [5, 5.41) is 4.31. The van der Waals surface area contributed by atoms with Crippen LogP contribution in [0.5, 0.6) is 5.75 Å². The van der Waals surface area contributed by atoms with E-state index in [2.05, 4.69) is 15.2 Å². The number of hydrogen-bond acceptors (Lipinski definition) is 7. The molecule has 3 rings (SSSR count). The van der Waals surface area contributed by atoms with Crippen molar-refractivity contribution in [3.05, 3.63) is 30.0 Å². The largest absolute Gasteiger partial charge is 0.494 e. The van der Waals surface area contributed by atoms with E-state index in [1.165, 1.54) is 0 Å². The summed E-state index contributed by atoms with van der Waals surface area (Å²) in [5.41, 5.74) is 2.02. The van der Waals surface area contributed by atoms with E-state index in [9.17, 15) is 4.79 Å². The van der Waals surface area contributed by atoms with Crippen LogP contribution in [-0.4, -0.2) is 68.5 Å². The Hall–Kier alpha value is -1.80. The molecule has 1 aromatic heterocycles. The SMILES string of the molecule is CCOC(=O)c1cnc2ccc(OCC)cc2c1NCCCN1CCOCC1.Cl.Cl. The summed E-state index contributed by atoms with van der Waals surface area (Å²) in [5.74, 6) is 0.392. The molecular weight excluding hydrogens is 429 g/mol. The highest BCUT2D eigenvalue weighted by Gasteiger charge is 2.17. The van der Waals surface area contributed by atoms with Crippen molar-refractivity contribution in [2.24, 2.45) is 0 Å². The highest BCUT2D eigenvalue weighted by atomic mass is 35.5. The number of ether oxygens (including phenoxy) is 3. The topological polar surface area (TPSA) is 72.9 Å². The first kappa shape index (κ1) is 26.2. The Morgan fingerprint density at radius 3 is 2.67 bits per heavy atom. The first-order chi connectivity index (χ1) is 13.7. The summed E-state index contributed by atoms with van der Waals surface area (Å²) in [7, 11) is 0. The lowest BCUT2D eigenvalue weighted by atomic mass is 10.1. The Morgan fingerprint density at radius 1 is 1.20 bits per heavy atom. The molecule has 0 radical (unpaired) electrons. The molecule has 1 aliphatic rings. The zero-order valence-electron chi connectivity index (χ0n) is 17.5. The van der Waals surface area contributed by atoms with E-state index in [4.69, 9.17) is 14.2 Å². The number of nitrogens with one attached hydrogen (secondary N) is 1. The van der Waals surface area contributed by atoms with Gasteiger partial charge in [0.05, 0.1) is 37.6 Å². The summed E-state index contributed by atoms with van der Waals surface area (Å²) in [6.07, 6.45) is 2.56. The average Bonchev–Trinajstić information content (AvgIpc) is 2.72. The lowest BCUT2D eigenvalue weighted by molar-refractivity contribution is 0.0378. The molecule has 0 saturated carbocycles. The van der Waals surface area contributed by atoms with Gasteiger partial charge in [0.2, 0.25) is 0 Å². The van der Waals surface area contributed by atoms with Gasteiger partial charge in [-0.3, -0.25) is 9.88 Å². The maximum absolute atomic E-state index is 12.4. The van der Waals surface area contributed by atoms with Gasteiger partial charge in [-0.15, -0.1) is 24.8 Å². The van der Waals surface area contributed by atoms with Crippen molar-refractivity contribution >= 4 is 47.4 Å². The Labute approximate surface area is 190 Å². The number of morpholine rings is 1. The van der Waals surface area contributed by atoms with Gasteiger partial charge < -0.3 is 19.5 Å². The zero-order valence-corrected chi connectivity index (χ0v) is 19.2. The van der Waals surface area contributed by atoms with Crippen LogP contribution < -0.4 is 10.1 Å². The van der Waals surface area contributed by atoms with Gasteiger partial charge >= 0.3 is 5.97 Å². The fourth-order valence-electron chi connectivity index (χ4n) is 3.32. The van der Waals surface area contributed by atoms with Crippen molar-refractivity contribution in [2.75, 3.05) is 57.9 Å². The number of pyridine rings is 1. The minimum absolute atomic E-state index is 0. The van der Waals surface area contributed by atoms with E-state index < -0.39 is 0 Å². The van der Waals surface area contributed by atoms with Crippen LogP contribution in [0.2, 0.25) is 0 Å². The molecule has 0 atom stereocenters. The molecule has 1 saturated heterocycles. The number of hydrogen-bond donors (Lipinski definition) is 1. The van der Waals surface area contributed by atoms with E-state index in [1.807, 2.05) is 25.1 Å². The predicted molar refractivity (Wildman–Crippen MR) is 124 cm³/mol. The Kier molecular flexibility index (Phi) is 11.8. The zero-order chi connectivity index (χ0) is 19.8. The smallest absolute Gasteiger partial charge is 0.341 e. The van der Waals surface area contributed by atoms with Gasteiger partial charge in [0, 0.05) is 31.2 Å². The molecule has 7 nitrogen and oxygen atoms in total. The number of aromatic nitrogens is 1. The quantitative estimate of drug-likeness (QED) is 0.451. The van der Waals surface area contributed by atoms with Crippen LogP contribution >= 0.6 is 24.8 Å². The van der Waals surface area contributed by atoms with E-state index in [0.717, 1.165) is 68.2 Å². The molecule has 0 bridgehead atoms. The summed E-state index contributed by atoms with van der Waals surface area (Å²) < 4.78 is 16.2. The van der Waals surface area contributed by atoms with Crippen LogP contribution in [-0.2, 0) is 9.47 Å². The van der Waals surface area contributed by atoms with E-state index in [0.29, 0.717) is 18.8 Å². The molecule has 2 aromatic rings. The Bertz CT molecular complexity index is 801. The van der Waals surface area contributed by atoms with Crippen LogP contribution in [0, 0.1) is 0 Å². The first-order valence-electron chi connectivity index (χ1n) is 9.99. The minimum atomic E-state index is -0.366. The molecular formula is C21H31Cl2N3O4. The lowest BCUT2D eigenvalue weighted by Gasteiger charge is -2.26. The highest BCUT2D eigenvalue weighted by molar-refractivity contribution is 6.05. The van der Waals surface area contributed by atoms with Gasteiger partial charge in [0.25, 0.3) is 0 Å². The van der Waals surface area contributed by atoms with Crippen LogP contribution in [0.4, 0.5) is 5.69 Å². The molecule has 1 N–H and O–H groups in total. The average molecular weight is 460 g/mol. The third-order valence-corrected chi connectivity index (χ3v) is 4.70. The third kappa shape index (κ3) is 6.87. The molecule has 0 amide bonds. The molecule has 30 heavy (non-hydrogen) atoms. The number of rotatable bonds is 9. The van der Waals surface area contributed by atoms with E-state index in [-0.39, 0.29) is 30.8 Å². The van der Waals surface area contributed by atoms with Gasteiger partial charge in [-0.25, -0.2) is 4.79 Å². The standard InChI is InChI=1S/C21H29N3O4.2ClH/c1-3-27-16-6-7-19-17(14-16)20(18(15-23-19)21(25)28-4-2)22-8-5-9-24-10-12-26-13-11-24;;/h6-7,14-15H,3-5,8-13H2,1-2H3,(H,22,23);2*1H. The van der Waals surface area contributed by atoms with Crippen molar-refractivity contribution < 1.29 is 19.0 Å². The summed E-state index contributed by atoms with van der Waals surface area (Å²) in [4.78, 5) is 19.3. The number of anilines is 1. The van der Waals surface area contributed by atoms with Crippen LogP contribution in [0.1, 0.15) is 30.6 Å². The molecule has 2 heterocycles. The number of nitrogens with zero attached hydrogens (tertiary/aromatic N) is 2. The predicted octanol–water partition coefficient (Wildman–Crippen LogP) is 3.79. The Balaban J connectivity index is 0.00000225. The summed E-state index contributed by atoms with van der Waals surface area (Å²) in [6, 6.07) is 5.73. The van der Waals surface area contributed by atoms with Crippen molar-refractivity contribution in [3.8, 4) is 5.75 Å². The molecule has 1 aliphatic heterocycles. The van der Waals surface area contributed by atoms with Crippen molar-refractivity contribution in [2.45, 2.75) is 20.3 Å². The van der Waals surface area contributed by atoms with Gasteiger partial charge in [-0.2, -0.15) is 0 Å². The van der Waals surface area contributed by atoms with Gasteiger partial charge in [0.15, 0.2) is 0 Å². The maximum atomic E-state index is 12.4. The molecule has 0 aliphatic carbocycles. The van der Waals surface area contributed by atoms with Gasteiger partial charge in [-0.05, 0) is 45.0 Å². The summed E-state index contributed by atoms with van der Waals surface area (Å²) >= 11 is 0. The number of fused-ring (bicyclic) bond motifs is 1. The first-order valence-corrected chi connectivity index (χ1v) is 9.99. The maximum Gasteiger partial charge on any atom is 0.341 e. The van der Waals surface area contributed by atoms with Gasteiger partial charge in [0.1, 0.15) is 11.3 Å².